The summed E-state index contributed by atoms with van der Waals surface area (Å²) in [6.07, 6.45) is 3.79. The summed E-state index contributed by atoms with van der Waals surface area (Å²) >= 11 is 0. The Morgan fingerprint density at radius 2 is 1.97 bits per heavy atom. The first kappa shape index (κ1) is 23.0. The number of ether oxygens (including phenoxy) is 1. The van der Waals surface area contributed by atoms with Gasteiger partial charge in [0, 0.05) is 25.2 Å². The standard InChI is InChI=1S/C22H28F2O5/c23-22(24,15-29-16-8-4-3-5-9-16)13-12-18-17(19(25)14-20(18)26)10-6-1-2-7-11-21(27)28/h1,3-6,8-9,17-18,20,26H,2,7,10-15H2,(H,27,28)/t17-,18-,20-/m1/s1. The smallest absolute Gasteiger partial charge is 0.303 e. The van der Waals surface area contributed by atoms with Gasteiger partial charge in [-0.25, -0.2) is 8.78 Å². The van der Waals surface area contributed by atoms with E-state index < -0.39 is 42.9 Å². The number of carboxylic acids is 1. The van der Waals surface area contributed by atoms with E-state index in [9.17, 15) is 23.5 Å². The summed E-state index contributed by atoms with van der Waals surface area (Å²) in [5.74, 6) is -4.64. The topological polar surface area (TPSA) is 83.8 Å². The Bertz CT molecular complexity index is 690. The maximum atomic E-state index is 14.2. The first-order valence-electron chi connectivity index (χ1n) is 9.92. The molecule has 0 unspecified atom stereocenters. The lowest BCUT2D eigenvalue weighted by molar-refractivity contribution is -0.137. The van der Waals surface area contributed by atoms with E-state index >= 15 is 0 Å². The molecule has 7 heteroatoms. The van der Waals surface area contributed by atoms with E-state index in [-0.39, 0.29) is 25.0 Å². The van der Waals surface area contributed by atoms with Crippen LogP contribution in [0.25, 0.3) is 0 Å². The number of carbonyl (C=O) groups is 2. The van der Waals surface area contributed by atoms with E-state index in [0.717, 1.165) is 0 Å². The Morgan fingerprint density at radius 3 is 2.66 bits per heavy atom. The minimum Gasteiger partial charge on any atom is -0.487 e. The number of hydrogen-bond donors (Lipinski definition) is 2. The molecule has 3 atom stereocenters. The van der Waals surface area contributed by atoms with Crippen molar-refractivity contribution in [3.05, 3.63) is 42.5 Å². The number of hydrogen-bond acceptors (Lipinski definition) is 4. The number of aliphatic carboxylic acids is 1. The molecule has 0 amide bonds. The summed E-state index contributed by atoms with van der Waals surface area (Å²) in [5, 5.41) is 18.8. The third-order valence-corrected chi connectivity index (χ3v) is 5.19. The zero-order valence-corrected chi connectivity index (χ0v) is 16.3. The lowest BCUT2D eigenvalue weighted by atomic mass is 9.86. The van der Waals surface area contributed by atoms with Gasteiger partial charge in [-0.1, -0.05) is 30.4 Å². The molecule has 160 valence electrons. The van der Waals surface area contributed by atoms with Crippen LogP contribution < -0.4 is 4.74 Å². The van der Waals surface area contributed by atoms with Crippen molar-refractivity contribution in [3.63, 3.8) is 0 Å². The number of ketones is 1. The highest BCUT2D eigenvalue weighted by Crippen LogP contribution is 2.37. The molecular formula is C22H28F2O5. The Hall–Kier alpha value is -2.28. The Balaban J connectivity index is 1.82. The maximum absolute atomic E-state index is 14.2. The van der Waals surface area contributed by atoms with Crippen LogP contribution in [0.2, 0.25) is 0 Å². The zero-order chi connectivity index (χ0) is 21.3. The summed E-state index contributed by atoms with van der Waals surface area (Å²) in [6, 6.07) is 8.38. The van der Waals surface area contributed by atoms with Gasteiger partial charge in [0.15, 0.2) is 6.61 Å². The fraction of sp³-hybridized carbons (Fsp3) is 0.545. The van der Waals surface area contributed by atoms with Crippen LogP contribution in [0.3, 0.4) is 0 Å². The van der Waals surface area contributed by atoms with Gasteiger partial charge in [-0.05, 0) is 43.7 Å². The number of allylic oxidation sites excluding steroid dienone is 2. The average molecular weight is 410 g/mol. The highest BCUT2D eigenvalue weighted by atomic mass is 19.3. The summed E-state index contributed by atoms with van der Waals surface area (Å²) < 4.78 is 33.6. The Kier molecular flexibility index (Phi) is 8.76. The highest BCUT2D eigenvalue weighted by Gasteiger charge is 2.42. The van der Waals surface area contributed by atoms with E-state index in [0.29, 0.717) is 25.0 Å². The number of aliphatic hydroxyl groups is 1. The van der Waals surface area contributed by atoms with Gasteiger partial charge in [-0.3, -0.25) is 9.59 Å². The Morgan fingerprint density at radius 1 is 1.24 bits per heavy atom. The third kappa shape index (κ3) is 7.93. The third-order valence-electron chi connectivity index (χ3n) is 5.19. The van der Waals surface area contributed by atoms with E-state index in [1.807, 2.05) is 0 Å². The molecule has 0 heterocycles. The van der Waals surface area contributed by atoms with Crippen molar-refractivity contribution in [1.82, 2.24) is 0 Å². The summed E-state index contributed by atoms with van der Waals surface area (Å²) in [4.78, 5) is 22.6. The highest BCUT2D eigenvalue weighted by molar-refractivity contribution is 5.84. The monoisotopic (exact) mass is 410 g/mol. The van der Waals surface area contributed by atoms with Crippen molar-refractivity contribution in [2.24, 2.45) is 11.8 Å². The van der Waals surface area contributed by atoms with Crippen LogP contribution in [0, 0.1) is 11.8 Å². The van der Waals surface area contributed by atoms with E-state index in [2.05, 4.69) is 0 Å². The quantitative estimate of drug-likeness (QED) is 0.398. The molecule has 1 aromatic carbocycles. The number of para-hydroxylation sites is 1. The lowest BCUT2D eigenvalue weighted by Crippen LogP contribution is -2.29. The predicted molar refractivity (Wildman–Crippen MR) is 104 cm³/mol. The van der Waals surface area contributed by atoms with Crippen molar-refractivity contribution in [3.8, 4) is 5.75 Å². The predicted octanol–water partition coefficient (Wildman–Crippen LogP) is 4.25. The molecule has 0 radical (unpaired) electrons. The number of Topliss-reactive ketones (excluding diaryl/α,β-unsaturated/α-hetero) is 1. The molecule has 5 nitrogen and oxygen atoms in total. The van der Waals surface area contributed by atoms with Crippen molar-refractivity contribution < 1.29 is 33.3 Å². The SMILES string of the molecule is O=C(O)CCCC=CC[C@H]1C(=O)C[C@@H](O)[C@@H]1CCC(F)(F)COc1ccccc1. The minimum absolute atomic E-state index is 0.00568. The summed E-state index contributed by atoms with van der Waals surface area (Å²) in [5.41, 5.74) is 0. The van der Waals surface area contributed by atoms with Gasteiger partial charge >= 0.3 is 5.97 Å². The second-order valence-electron chi connectivity index (χ2n) is 7.50. The molecule has 2 rings (SSSR count). The number of benzene rings is 1. The molecule has 1 aliphatic rings. The maximum Gasteiger partial charge on any atom is 0.303 e. The summed E-state index contributed by atoms with van der Waals surface area (Å²) in [6.45, 7) is -0.748. The molecule has 0 bridgehead atoms. The second kappa shape index (κ2) is 11.0. The average Bonchev–Trinajstić information content (AvgIpc) is 2.94. The molecule has 29 heavy (non-hydrogen) atoms. The molecule has 0 aromatic heterocycles. The van der Waals surface area contributed by atoms with Gasteiger partial charge in [0.25, 0.3) is 5.92 Å². The van der Waals surface area contributed by atoms with Crippen molar-refractivity contribution in [1.29, 1.82) is 0 Å². The first-order valence-corrected chi connectivity index (χ1v) is 9.92. The van der Waals surface area contributed by atoms with Crippen LogP contribution in [0.1, 0.15) is 44.9 Å². The minimum atomic E-state index is -3.06. The molecule has 1 saturated carbocycles. The largest absolute Gasteiger partial charge is 0.487 e. The van der Waals surface area contributed by atoms with Crippen LogP contribution in [0.15, 0.2) is 42.5 Å². The van der Waals surface area contributed by atoms with E-state index in [1.165, 1.54) is 0 Å². The van der Waals surface area contributed by atoms with Crippen molar-refractivity contribution in [2.45, 2.75) is 57.0 Å². The molecular weight excluding hydrogens is 382 g/mol. The van der Waals surface area contributed by atoms with Crippen LogP contribution in [-0.2, 0) is 9.59 Å². The van der Waals surface area contributed by atoms with E-state index in [4.69, 9.17) is 9.84 Å². The van der Waals surface area contributed by atoms with Gasteiger partial charge in [-0.15, -0.1) is 0 Å². The molecule has 2 N–H and O–H groups in total. The number of halogens is 2. The second-order valence-corrected chi connectivity index (χ2v) is 7.50. The molecule has 0 saturated heterocycles. The summed E-state index contributed by atoms with van der Waals surface area (Å²) in [7, 11) is 0. The van der Waals surface area contributed by atoms with Gasteiger partial charge < -0.3 is 14.9 Å². The molecule has 0 spiro atoms. The Labute approximate surface area is 169 Å². The molecule has 1 fully saturated rings. The lowest BCUT2D eigenvalue weighted by Gasteiger charge is -2.23. The molecule has 1 aliphatic carbocycles. The van der Waals surface area contributed by atoms with Gasteiger partial charge in [0.1, 0.15) is 11.5 Å². The normalized spacial score (nSPS) is 22.3. The first-order chi connectivity index (χ1) is 13.8. The van der Waals surface area contributed by atoms with Crippen LogP contribution in [-0.4, -0.2) is 40.6 Å². The number of unbranched alkanes of at least 4 members (excludes halogenated alkanes) is 1. The number of aliphatic hydroxyl groups excluding tert-OH is 1. The number of carboxylic acid groups (broad SMARTS) is 1. The van der Waals surface area contributed by atoms with Gasteiger partial charge in [0.2, 0.25) is 0 Å². The van der Waals surface area contributed by atoms with Crippen LogP contribution >= 0.6 is 0 Å². The zero-order valence-electron chi connectivity index (χ0n) is 16.3. The van der Waals surface area contributed by atoms with Crippen molar-refractivity contribution >= 4 is 11.8 Å². The number of rotatable bonds is 12. The van der Waals surface area contributed by atoms with E-state index in [1.54, 1.807) is 42.5 Å². The van der Waals surface area contributed by atoms with Gasteiger partial charge in [0.05, 0.1) is 6.10 Å². The fourth-order valence-electron chi connectivity index (χ4n) is 3.60. The number of carbonyl (C=O) groups excluding carboxylic acids is 1. The molecule has 0 aliphatic heterocycles. The van der Waals surface area contributed by atoms with Crippen LogP contribution in [0.5, 0.6) is 5.75 Å². The fourth-order valence-corrected chi connectivity index (χ4v) is 3.60. The number of alkyl halides is 2. The van der Waals surface area contributed by atoms with Gasteiger partial charge in [-0.2, -0.15) is 0 Å². The van der Waals surface area contributed by atoms with Crippen molar-refractivity contribution in [2.75, 3.05) is 6.61 Å². The molecule has 1 aromatic rings. The van der Waals surface area contributed by atoms with Crippen LogP contribution in [0.4, 0.5) is 8.78 Å².